The molecule has 0 saturated carbocycles. The summed E-state index contributed by atoms with van der Waals surface area (Å²) >= 11 is 0. The SMILES string of the molecule is C[C@H](NC(=O)c1cc2c(=O)n3ccccc3nc2n(CCN2CCOCC2)c1=N)c1ccccc1. The Kier molecular flexibility index (Phi) is 6.43. The van der Waals surface area contributed by atoms with Gasteiger partial charge in [-0.15, -0.1) is 0 Å². The second-order valence-corrected chi connectivity index (χ2v) is 8.70. The fraction of sp³-hybridized carbons (Fsp3) is 0.308. The number of rotatable bonds is 6. The van der Waals surface area contributed by atoms with E-state index in [2.05, 4.69) is 10.2 Å². The predicted molar refractivity (Wildman–Crippen MR) is 132 cm³/mol. The molecule has 0 unspecified atom stereocenters. The van der Waals surface area contributed by atoms with Crippen LogP contribution in [0.15, 0.2) is 65.6 Å². The van der Waals surface area contributed by atoms with Gasteiger partial charge < -0.3 is 14.6 Å². The maximum absolute atomic E-state index is 13.4. The molecule has 0 radical (unpaired) electrons. The molecule has 0 spiro atoms. The Morgan fingerprint density at radius 3 is 2.63 bits per heavy atom. The van der Waals surface area contributed by atoms with Crippen LogP contribution in [-0.4, -0.2) is 57.6 Å². The summed E-state index contributed by atoms with van der Waals surface area (Å²) in [4.78, 5) is 33.6. The maximum Gasteiger partial charge on any atom is 0.267 e. The number of carbonyl (C=O) groups excluding carboxylic acids is 1. The van der Waals surface area contributed by atoms with Crippen LogP contribution in [0.4, 0.5) is 0 Å². The largest absolute Gasteiger partial charge is 0.379 e. The molecule has 9 heteroatoms. The van der Waals surface area contributed by atoms with Gasteiger partial charge in [-0.25, -0.2) is 4.98 Å². The van der Waals surface area contributed by atoms with E-state index in [-0.39, 0.29) is 22.7 Å². The highest BCUT2D eigenvalue weighted by Crippen LogP contribution is 2.14. The third-order valence-electron chi connectivity index (χ3n) is 6.45. The summed E-state index contributed by atoms with van der Waals surface area (Å²) in [6, 6.07) is 16.2. The summed E-state index contributed by atoms with van der Waals surface area (Å²) in [5.41, 5.74) is 1.79. The molecule has 5 rings (SSSR count). The smallest absolute Gasteiger partial charge is 0.267 e. The minimum atomic E-state index is -0.397. The molecule has 4 heterocycles. The molecule has 1 aliphatic heterocycles. The Hall–Kier alpha value is -3.82. The molecule has 1 saturated heterocycles. The first-order chi connectivity index (χ1) is 17.0. The summed E-state index contributed by atoms with van der Waals surface area (Å²) in [5.74, 6) is -0.397. The Morgan fingerprint density at radius 1 is 1.11 bits per heavy atom. The van der Waals surface area contributed by atoms with Crippen LogP contribution in [0.3, 0.4) is 0 Å². The molecule has 0 bridgehead atoms. The zero-order valence-electron chi connectivity index (χ0n) is 19.6. The van der Waals surface area contributed by atoms with Crippen molar-refractivity contribution in [1.29, 1.82) is 5.41 Å². The lowest BCUT2D eigenvalue weighted by Gasteiger charge is -2.27. The van der Waals surface area contributed by atoms with Crippen LogP contribution in [0.1, 0.15) is 28.9 Å². The summed E-state index contributed by atoms with van der Waals surface area (Å²) in [7, 11) is 0. The highest BCUT2D eigenvalue weighted by molar-refractivity contribution is 5.97. The van der Waals surface area contributed by atoms with E-state index in [1.807, 2.05) is 43.3 Å². The number of carbonyl (C=O) groups is 1. The lowest BCUT2D eigenvalue weighted by Crippen LogP contribution is -2.41. The van der Waals surface area contributed by atoms with E-state index in [4.69, 9.17) is 15.1 Å². The van der Waals surface area contributed by atoms with Gasteiger partial charge in [-0.3, -0.25) is 24.3 Å². The highest BCUT2D eigenvalue weighted by Gasteiger charge is 2.20. The minimum Gasteiger partial charge on any atom is -0.379 e. The van der Waals surface area contributed by atoms with Crippen LogP contribution in [0.5, 0.6) is 0 Å². The number of benzene rings is 1. The van der Waals surface area contributed by atoms with Crippen LogP contribution >= 0.6 is 0 Å². The van der Waals surface area contributed by atoms with Crippen molar-refractivity contribution in [3.63, 3.8) is 0 Å². The van der Waals surface area contributed by atoms with Gasteiger partial charge in [-0.2, -0.15) is 0 Å². The van der Waals surface area contributed by atoms with E-state index in [0.29, 0.717) is 43.0 Å². The second-order valence-electron chi connectivity index (χ2n) is 8.70. The first-order valence-electron chi connectivity index (χ1n) is 11.8. The molecule has 1 aliphatic rings. The molecule has 1 atom stereocenters. The molecule has 9 nitrogen and oxygen atoms in total. The summed E-state index contributed by atoms with van der Waals surface area (Å²) in [5, 5.41) is 12.2. The molecule has 1 aromatic carbocycles. The quantitative estimate of drug-likeness (QED) is 0.418. The second kappa shape index (κ2) is 9.81. The number of amides is 1. The van der Waals surface area contributed by atoms with Gasteiger partial charge in [-0.05, 0) is 30.7 Å². The van der Waals surface area contributed by atoms with E-state index in [0.717, 1.165) is 18.7 Å². The number of morpholine rings is 1. The van der Waals surface area contributed by atoms with Crippen molar-refractivity contribution in [2.75, 3.05) is 32.8 Å². The van der Waals surface area contributed by atoms with Gasteiger partial charge in [0.15, 0.2) is 0 Å². The molecule has 1 fully saturated rings. The predicted octanol–water partition coefficient (Wildman–Crippen LogP) is 1.95. The Bertz CT molecular complexity index is 1490. The van der Waals surface area contributed by atoms with E-state index in [1.165, 1.54) is 10.5 Å². The average Bonchev–Trinajstić information content (AvgIpc) is 2.89. The number of ether oxygens (including phenoxy) is 1. The van der Waals surface area contributed by atoms with Crippen LogP contribution in [0.2, 0.25) is 0 Å². The van der Waals surface area contributed by atoms with Crippen molar-refractivity contribution in [3.8, 4) is 0 Å². The van der Waals surface area contributed by atoms with E-state index in [9.17, 15) is 9.59 Å². The number of nitrogens with zero attached hydrogens (tertiary/aromatic N) is 4. The van der Waals surface area contributed by atoms with Gasteiger partial charge in [0.25, 0.3) is 11.5 Å². The first kappa shape index (κ1) is 22.9. The van der Waals surface area contributed by atoms with Crippen molar-refractivity contribution in [3.05, 3.63) is 87.8 Å². The van der Waals surface area contributed by atoms with Crippen molar-refractivity contribution < 1.29 is 9.53 Å². The van der Waals surface area contributed by atoms with Crippen molar-refractivity contribution in [2.45, 2.75) is 19.5 Å². The molecular weight excluding hydrogens is 444 g/mol. The summed E-state index contributed by atoms with van der Waals surface area (Å²) < 4.78 is 8.59. The Balaban J connectivity index is 1.59. The lowest BCUT2D eigenvalue weighted by molar-refractivity contribution is 0.0363. The van der Waals surface area contributed by atoms with Crippen molar-refractivity contribution in [1.82, 2.24) is 24.2 Å². The fourth-order valence-electron chi connectivity index (χ4n) is 4.44. The zero-order valence-corrected chi connectivity index (χ0v) is 19.6. The van der Waals surface area contributed by atoms with Gasteiger partial charge in [0, 0.05) is 32.4 Å². The lowest BCUT2D eigenvalue weighted by atomic mass is 10.1. The third-order valence-corrected chi connectivity index (χ3v) is 6.45. The standard InChI is InChI=1S/C26H28N6O3/c1-18(19-7-3-2-4-8-19)28-25(33)20-17-21-24(29-22-9-5-6-10-31(22)26(21)34)32(23(20)27)12-11-30-13-15-35-16-14-30/h2-10,17-18,27H,11-16H2,1H3,(H,28,33)/t18-/m0/s1. The Morgan fingerprint density at radius 2 is 1.86 bits per heavy atom. The molecule has 2 N–H and O–H groups in total. The normalized spacial score (nSPS) is 15.3. The van der Waals surface area contributed by atoms with E-state index in [1.54, 1.807) is 22.9 Å². The fourth-order valence-corrected chi connectivity index (χ4v) is 4.44. The summed E-state index contributed by atoms with van der Waals surface area (Å²) in [6.07, 6.45) is 1.66. The summed E-state index contributed by atoms with van der Waals surface area (Å²) in [6.45, 7) is 5.94. The molecular formula is C26H28N6O3. The van der Waals surface area contributed by atoms with Gasteiger partial charge >= 0.3 is 0 Å². The number of hydrogen-bond donors (Lipinski definition) is 2. The van der Waals surface area contributed by atoms with Crippen LogP contribution in [-0.2, 0) is 11.3 Å². The van der Waals surface area contributed by atoms with E-state index < -0.39 is 5.91 Å². The van der Waals surface area contributed by atoms with Crippen molar-refractivity contribution in [2.24, 2.45) is 0 Å². The van der Waals surface area contributed by atoms with Gasteiger partial charge in [-0.1, -0.05) is 36.4 Å². The maximum atomic E-state index is 13.4. The zero-order chi connectivity index (χ0) is 24.4. The number of fused-ring (bicyclic) bond motifs is 2. The third kappa shape index (κ3) is 4.60. The first-order valence-corrected chi connectivity index (χ1v) is 11.8. The van der Waals surface area contributed by atoms with Gasteiger partial charge in [0.1, 0.15) is 16.8 Å². The van der Waals surface area contributed by atoms with Gasteiger partial charge in [0.05, 0.1) is 30.2 Å². The molecule has 180 valence electrons. The number of hydrogen-bond acceptors (Lipinski definition) is 6. The number of pyridine rings is 2. The molecule has 0 aliphatic carbocycles. The van der Waals surface area contributed by atoms with Crippen molar-refractivity contribution >= 4 is 22.6 Å². The molecule has 35 heavy (non-hydrogen) atoms. The molecule has 1 amide bonds. The van der Waals surface area contributed by atoms with Gasteiger partial charge in [0.2, 0.25) is 0 Å². The monoisotopic (exact) mass is 472 g/mol. The van der Waals surface area contributed by atoms with Crippen LogP contribution in [0, 0.1) is 5.41 Å². The number of nitrogens with one attached hydrogen (secondary N) is 2. The molecule has 3 aromatic heterocycles. The van der Waals surface area contributed by atoms with Crippen LogP contribution in [0.25, 0.3) is 16.7 Å². The minimum absolute atomic E-state index is 0.0377. The molecule has 4 aromatic rings. The average molecular weight is 473 g/mol. The number of aromatic nitrogens is 3. The highest BCUT2D eigenvalue weighted by atomic mass is 16.5. The van der Waals surface area contributed by atoms with Crippen LogP contribution < -0.4 is 16.4 Å². The Labute approximate surface area is 202 Å². The van der Waals surface area contributed by atoms with E-state index >= 15 is 0 Å². The topological polar surface area (TPSA) is 105 Å².